The number of rotatable bonds is 5. The summed E-state index contributed by atoms with van der Waals surface area (Å²) in [4.78, 5) is 6.36. The van der Waals surface area contributed by atoms with Crippen LogP contribution in [-0.4, -0.2) is 39.2 Å². The number of benzene rings is 2. The molecule has 4 aromatic rings. The number of aryl methyl sites for hydroxylation is 1. The lowest BCUT2D eigenvalue weighted by molar-refractivity contribution is 0.499. The monoisotopic (exact) mass is 546 g/mol. The van der Waals surface area contributed by atoms with Crippen LogP contribution in [0.2, 0.25) is 5.02 Å². The highest BCUT2D eigenvalue weighted by Crippen LogP contribution is 2.37. The summed E-state index contributed by atoms with van der Waals surface area (Å²) in [5, 5.41) is 1.09. The van der Waals surface area contributed by atoms with E-state index in [9.17, 15) is 21.6 Å². The van der Waals surface area contributed by atoms with E-state index in [4.69, 9.17) is 11.6 Å². The van der Waals surface area contributed by atoms with Gasteiger partial charge < -0.3 is 9.45 Å². The maximum atomic E-state index is 14.4. The first-order chi connectivity index (χ1) is 17.2. The summed E-state index contributed by atoms with van der Waals surface area (Å²) in [6, 6.07) is 12.2. The van der Waals surface area contributed by atoms with Crippen molar-refractivity contribution in [1.82, 2.24) is 8.96 Å². The molecule has 0 saturated carbocycles. The predicted octanol–water partition coefficient (Wildman–Crippen LogP) is 5.00. The summed E-state index contributed by atoms with van der Waals surface area (Å²) in [5.41, 5.74) is 2.03. The first-order valence-corrected chi connectivity index (χ1v) is 14.2. The summed E-state index contributed by atoms with van der Waals surface area (Å²) in [7, 11) is -4.03. The Labute approximate surface area is 215 Å². The van der Waals surface area contributed by atoms with Crippen LogP contribution in [0.4, 0.5) is 10.1 Å². The Hall–Kier alpha value is -2.79. The molecule has 0 spiro atoms. The number of fused-ring (bicyclic) bond motifs is 1. The molecule has 1 aliphatic rings. The zero-order chi connectivity index (χ0) is 25.6. The minimum absolute atomic E-state index is 0.0173. The van der Waals surface area contributed by atoms with Gasteiger partial charge in [-0.2, -0.15) is 0 Å². The molecular weight excluding hydrogens is 525 g/mol. The van der Waals surface area contributed by atoms with Crippen LogP contribution in [0.25, 0.3) is 11.0 Å². The van der Waals surface area contributed by atoms with Crippen molar-refractivity contribution in [2.24, 2.45) is 0 Å². The van der Waals surface area contributed by atoms with Crippen molar-refractivity contribution >= 4 is 49.4 Å². The van der Waals surface area contributed by atoms with Crippen LogP contribution in [-0.2, 0) is 21.1 Å². The fraction of sp³-hybridized carbons (Fsp3) is 0.240. The Morgan fingerprint density at radius 3 is 2.56 bits per heavy atom. The molecule has 0 amide bonds. The van der Waals surface area contributed by atoms with Gasteiger partial charge in [-0.3, -0.25) is 4.21 Å². The van der Waals surface area contributed by atoms with Crippen molar-refractivity contribution in [2.75, 3.05) is 18.0 Å². The second-order valence-corrected chi connectivity index (χ2v) is 11.9. The third-order valence-electron chi connectivity index (χ3n) is 6.63. The third-order valence-corrected chi connectivity index (χ3v) is 9.33. The molecule has 188 valence electrons. The van der Waals surface area contributed by atoms with E-state index in [1.54, 1.807) is 37.5 Å². The van der Waals surface area contributed by atoms with Gasteiger partial charge in [0.25, 0.3) is 10.0 Å². The van der Waals surface area contributed by atoms with E-state index in [1.165, 1.54) is 28.2 Å². The van der Waals surface area contributed by atoms with Crippen LogP contribution >= 0.6 is 11.6 Å². The van der Waals surface area contributed by atoms with E-state index >= 15 is 0 Å². The zero-order valence-corrected chi connectivity index (χ0v) is 21.6. The maximum absolute atomic E-state index is 14.4. The molecule has 0 radical (unpaired) electrons. The van der Waals surface area contributed by atoms with E-state index in [0.717, 1.165) is 10.9 Å². The summed E-state index contributed by atoms with van der Waals surface area (Å²) in [5.74, 6) is -0.304. The SMILES string of the molecule is Cc1cc(S(=O)(=O)n2cc(C3CCN(c4ccc(Cl)cc4F)CC3)c3cccnc32)ccc1S(=O)[O-]. The van der Waals surface area contributed by atoms with Crippen LogP contribution < -0.4 is 4.90 Å². The van der Waals surface area contributed by atoms with Gasteiger partial charge in [-0.25, -0.2) is 21.8 Å². The lowest BCUT2D eigenvalue weighted by Crippen LogP contribution is -2.33. The fourth-order valence-corrected chi connectivity index (χ4v) is 6.89. The van der Waals surface area contributed by atoms with E-state index in [1.807, 2.05) is 11.0 Å². The minimum Gasteiger partial charge on any atom is -0.768 e. The van der Waals surface area contributed by atoms with Crippen molar-refractivity contribution in [1.29, 1.82) is 0 Å². The Morgan fingerprint density at radius 1 is 1.14 bits per heavy atom. The first-order valence-electron chi connectivity index (χ1n) is 11.3. The molecule has 0 bridgehead atoms. The highest BCUT2D eigenvalue weighted by atomic mass is 35.5. The molecule has 5 rings (SSSR count). The number of aromatic nitrogens is 2. The normalized spacial score (nSPS) is 15.9. The highest BCUT2D eigenvalue weighted by molar-refractivity contribution is 7.90. The van der Waals surface area contributed by atoms with Gasteiger partial charge in [0.05, 0.1) is 10.6 Å². The molecule has 2 aromatic heterocycles. The molecule has 1 unspecified atom stereocenters. The average Bonchev–Trinajstić information content (AvgIpc) is 3.24. The van der Waals surface area contributed by atoms with E-state index in [2.05, 4.69) is 4.98 Å². The summed E-state index contributed by atoms with van der Waals surface area (Å²) < 4.78 is 65.5. The van der Waals surface area contributed by atoms with Crippen LogP contribution in [0, 0.1) is 12.7 Å². The number of piperidine rings is 1. The van der Waals surface area contributed by atoms with Crippen molar-refractivity contribution in [3.05, 3.63) is 82.9 Å². The molecule has 2 aromatic carbocycles. The topological polar surface area (TPSA) is 95.3 Å². The molecule has 1 aliphatic heterocycles. The summed E-state index contributed by atoms with van der Waals surface area (Å²) in [6.45, 7) is 2.77. The van der Waals surface area contributed by atoms with Gasteiger partial charge in [-0.1, -0.05) is 11.6 Å². The molecule has 1 atom stereocenters. The molecule has 7 nitrogen and oxygen atoms in total. The van der Waals surface area contributed by atoms with Crippen LogP contribution in [0.15, 0.2) is 70.7 Å². The third kappa shape index (κ3) is 4.43. The van der Waals surface area contributed by atoms with E-state index in [0.29, 0.717) is 47.9 Å². The second-order valence-electron chi connectivity index (χ2n) is 8.78. The number of pyridine rings is 1. The number of nitrogens with zero attached hydrogens (tertiary/aromatic N) is 3. The van der Waals surface area contributed by atoms with Crippen LogP contribution in [0.1, 0.15) is 29.9 Å². The molecule has 11 heteroatoms. The van der Waals surface area contributed by atoms with Crippen molar-refractivity contribution in [3.63, 3.8) is 0 Å². The number of hydrogen-bond acceptors (Lipinski definition) is 6. The van der Waals surface area contributed by atoms with Crippen LogP contribution in [0.3, 0.4) is 0 Å². The Bertz CT molecular complexity index is 1600. The average molecular weight is 547 g/mol. The minimum atomic E-state index is -4.03. The molecule has 1 fully saturated rings. The van der Waals surface area contributed by atoms with Crippen molar-refractivity contribution in [3.8, 4) is 0 Å². The van der Waals surface area contributed by atoms with Crippen molar-refractivity contribution in [2.45, 2.75) is 35.5 Å². The molecular formula is C25H22ClFN3O4S2-. The van der Waals surface area contributed by atoms with Gasteiger partial charge in [0.15, 0.2) is 5.65 Å². The lowest BCUT2D eigenvalue weighted by Gasteiger charge is -2.33. The van der Waals surface area contributed by atoms with Gasteiger partial charge in [-0.15, -0.1) is 0 Å². The lowest BCUT2D eigenvalue weighted by atomic mass is 9.89. The molecule has 1 saturated heterocycles. The molecule has 0 N–H and O–H groups in total. The standard InChI is InChI=1S/C25H23ClFN3O4S2/c1-16-13-19(5-7-24(16)35(31)32)36(33,34)30-15-21(20-3-2-10-28-25(20)30)17-8-11-29(12-9-17)23-6-4-18(26)14-22(23)27/h2-7,10,13-15,17H,8-9,11-12H2,1H3,(H,31,32)/p-1. The highest BCUT2D eigenvalue weighted by Gasteiger charge is 2.28. The number of hydrogen-bond donors (Lipinski definition) is 0. The first kappa shape index (κ1) is 24.9. The van der Waals surface area contributed by atoms with Gasteiger partial charge in [0.2, 0.25) is 0 Å². The number of halogens is 2. The number of anilines is 1. The Kier molecular flexibility index (Phi) is 6.63. The zero-order valence-electron chi connectivity index (χ0n) is 19.2. The summed E-state index contributed by atoms with van der Waals surface area (Å²) in [6.07, 6.45) is 4.57. The second kappa shape index (κ2) is 9.59. The smallest absolute Gasteiger partial charge is 0.269 e. The van der Waals surface area contributed by atoms with Gasteiger partial charge in [0, 0.05) is 40.8 Å². The fourth-order valence-electron chi connectivity index (χ4n) is 4.82. The van der Waals surface area contributed by atoms with E-state index in [-0.39, 0.29) is 21.5 Å². The van der Waals surface area contributed by atoms with Gasteiger partial charge in [0.1, 0.15) is 5.82 Å². The molecule has 0 aliphatic carbocycles. The quantitative estimate of drug-likeness (QED) is 0.327. The van der Waals surface area contributed by atoms with Gasteiger partial charge >= 0.3 is 0 Å². The van der Waals surface area contributed by atoms with Crippen molar-refractivity contribution < 1.29 is 21.6 Å². The predicted molar refractivity (Wildman–Crippen MR) is 136 cm³/mol. The van der Waals surface area contributed by atoms with Crippen LogP contribution in [0.5, 0.6) is 0 Å². The van der Waals surface area contributed by atoms with Gasteiger partial charge in [-0.05, 0) is 96.4 Å². The largest absolute Gasteiger partial charge is 0.768 e. The summed E-state index contributed by atoms with van der Waals surface area (Å²) >= 11 is 3.43. The Morgan fingerprint density at radius 2 is 1.89 bits per heavy atom. The molecule has 36 heavy (non-hydrogen) atoms. The molecule has 3 heterocycles. The maximum Gasteiger partial charge on any atom is 0.269 e. The van der Waals surface area contributed by atoms with E-state index < -0.39 is 21.1 Å². The Balaban J connectivity index is 1.48.